The van der Waals surface area contributed by atoms with E-state index in [0.29, 0.717) is 12.8 Å². The third kappa shape index (κ3) is 12.1. The Kier molecular flexibility index (Phi) is 14.7. The van der Waals surface area contributed by atoms with E-state index in [9.17, 15) is 25.2 Å². The first kappa shape index (κ1) is 34.0. The molecule has 218 valence electrons. The summed E-state index contributed by atoms with van der Waals surface area (Å²) in [4.78, 5) is 11.5. The molecular formula is C32H49NO6. The second kappa shape index (κ2) is 16.8. The number of hydrogen-bond donors (Lipinski definition) is 5. The van der Waals surface area contributed by atoms with Gasteiger partial charge >= 0.3 is 6.09 Å². The summed E-state index contributed by atoms with van der Waals surface area (Å²) in [6.07, 6.45) is 10.6. The van der Waals surface area contributed by atoms with Crippen molar-refractivity contribution in [2.45, 2.75) is 79.1 Å². The summed E-state index contributed by atoms with van der Waals surface area (Å²) in [5, 5.41) is 41.1. The number of amides is 1. The molecule has 7 nitrogen and oxygen atoms in total. The largest absolute Gasteiger partial charge is 0.508 e. The molecule has 6 N–H and O–H groups in total. The maximum Gasteiger partial charge on any atom is 0.404 e. The lowest BCUT2D eigenvalue weighted by Crippen LogP contribution is -2.41. The molecule has 0 aliphatic rings. The van der Waals surface area contributed by atoms with Crippen LogP contribution < -0.4 is 5.73 Å². The third-order valence-corrected chi connectivity index (χ3v) is 7.23. The second-order valence-corrected chi connectivity index (χ2v) is 11.0. The molecule has 0 radical (unpaired) electrons. The molecule has 8 atom stereocenters. The highest BCUT2D eigenvalue weighted by Gasteiger charge is 2.33. The molecule has 1 aromatic rings. The van der Waals surface area contributed by atoms with Crippen LogP contribution >= 0.6 is 0 Å². The molecular weight excluding hydrogens is 494 g/mol. The molecule has 0 aromatic heterocycles. The zero-order valence-electron chi connectivity index (χ0n) is 24.3. The number of aliphatic hydroxyl groups excluding tert-OH is 2. The number of primary amides is 1. The molecule has 7 heteroatoms. The van der Waals surface area contributed by atoms with Gasteiger partial charge in [-0.3, -0.25) is 0 Å². The van der Waals surface area contributed by atoms with E-state index in [1.54, 1.807) is 24.3 Å². The van der Waals surface area contributed by atoms with E-state index in [0.717, 1.165) is 17.6 Å². The highest BCUT2D eigenvalue weighted by atomic mass is 16.6. The first-order chi connectivity index (χ1) is 18.3. The Morgan fingerprint density at radius 3 is 2.15 bits per heavy atom. The van der Waals surface area contributed by atoms with E-state index < -0.39 is 24.4 Å². The van der Waals surface area contributed by atoms with Crippen LogP contribution in [-0.2, 0) is 11.2 Å². The van der Waals surface area contributed by atoms with Crippen molar-refractivity contribution in [1.82, 2.24) is 0 Å². The summed E-state index contributed by atoms with van der Waals surface area (Å²) in [5.74, 6) is -0.684. The SMILES string of the molecule is C=C/C=C\[C@H](C)[C@H](OC(N)=O)[C@@H](C)[C@H](O)[C@@H](C)C/C(C)=C\[C@H](C)[C@@H](O)[C@@H](C)/C=C\CCc1cc(O)cc(O)c1. The van der Waals surface area contributed by atoms with Crippen LogP contribution in [0.5, 0.6) is 11.5 Å². The van der Waals surface area contributed by atoms with Crippen LogP contribution in [0.4, 0.5) is 4.79 Å². The first-order valence-corrected chi connectivity index (χ1v) is 13.7. The van der Waals surface area contributed by atoms with Crippen LogP contribution in [0.25, 0.3) is 0 Å². The van der Waals surface area contributed by atoms with E-state index in [2.05, 4.69) is 6.58 Å². The number of phenolic OH excluding ortho intramolecular Hbond substituents is 2. The fraction of sp³-hybridized carbons (Fsp3) is 0.531. The lowest BCUT2D eigenvalue weighted by atomic mass is 9.81. The maximum atomic E-state index is 11.5. The van der Waals surface area contributed by atoms with Crippen molar-refractivity contribution in [1.29, 1.82) is 0 Å². The van der Waals surface area contributed by atoms with Gasteiger partial charge < -0.3 is 30.9 Å². The normalized spacial score (nSPS) is 18.7. The lowest BCUT2D eigenvalue weighted by molar-refractivity contribution is -0.0266. The number of ether oxygens (including phenoxy) is 1. The van der Waals surface area contributed by atoms with Gasteiger partial charge in [-0.15, -0.1) is 0 Å². The van der Waals surface area contributed by atoms with Gasteiger partial charge in [-0.25, -0.2) is 4.79 Å². The average Bonchev–Trinajstić information content (AvgIpc) is 2.85. The first-order valence-electron chi connectivity index (χ1n) is 13.7. The van der Waals surface area contributed by atoms with Gasteiger partial charge in [0.25, 0.3) is 0 Å². The smallest absolute Gasteiger partial charge is 0.404 e. The molecule has 0 spiro atoms. The maximum absolute atomic E-state index is 11.5. The van der Waals surface area contributed by atoms with Crippen molar-refractivity contribution in [2.24, 2.45) is 35.3 Å². The van der Waals surface area contributed by atoms with E-state index in [4.69, 9.17) is 10.5 Å². The molecule has 0 saturated carbocycles. The van der Waals surface area contributed by atoms with Gasteiger partial charge in [-0.1, -0.05) is 83.2 Å². The highest BCUT2D eigenvalue weighted by molar-refractivity contribution is 5.64. The molecule has 39 heavy (non-hydrogen) atoms. The fourth-order valence-corrected chi connectivity index (χ4v) is 5.10. The molecule has 0 aliphatic carbocycles. The van der Waals surface area contributed by atoms with Crippen molar-refractivity contribution in [3.8, 4) is 11.5 Å². The number of carbonyl (C=O) groups excluding carboxylic acids is 1. The van der Waals surface area contributed by atoms with Crippen molar-refractivity contribution < 1.29 is 30.0 Å². The van der Waals surface area contributed by atoms with Crippen LogP contribution in [0.1, 0.15) is 59.9 Å². The van der Waals surface area contributed by atoms with E-state index in [-0.39, 0.29) is 41.1 Å². The molecule has 0 aliphatic heterocycles. The summed E-state index contributed by atoms with van der Waals surface area (Å²) < 4.78 is 5.36. The summed E-state index contributed by atoms with van der Waals surface area (Å²) in [6.45, 7) is 15.3. The van der Waals surface area contributed by atoms with Crippen LogP contribution in [0, 0.1) is 29.6 Å². The second-order valence-electron chi connectivity index (χ2n) is 11.0. The standard InChI is InChI=1S/C32H49NO6/c1-8-9-12-22(4)31(39-32(33)38)25(7)30(37)24(6)16-20(2)15-23(5)29(36)21(3)13-10-11-14-26-17-27(34)19-28(35)18-26/h8-10,12-13,15,17-19,21-25,29-31,34-37H,1,11,14,16H2,2-7H3,(H2,33,38)/b12-9-,13-10-,20-15-/t21-,22-,23-,24-,25-,29-,30+,31-/m0/s1. The average molecular weight is 544 g/mol. The number of aliphatic hydroxyl groups is 2. The van der Waals surface area contributed by atoms with E-state index in [1.807, 2.05) is 65.8 Å². The number of aryl methyl sites for hydroxylation is 1. The molecule has 0 bridgehead atoms. The minimum atomic E-state index is -0.869. The van der Waals surface area contributed by atoms with Crippen LogP contribution in [0.3, 0.4) is 0 Å². The molecule has 1 amide bonds. The third-order valence-electron chi connectivity index (χ3n) is 7.23. The van der Waals surface area contributed by atoms with E-state index >= 15 is 0 Å². The quantitative estimate of drug-likeness (QED) is 0.128. The predicted octanol–water partition coefficient (Wildman–Crippen LogP) is 6.03. The Hall–Kier alpha value is -3.03. The van der Waals surface area contributed by atoms with Gasteiger partial charge in [0, 0.05) is 29.7 Å². The number of nitrogens with two attached hydrogens (primary N) is 1. The number of phenols is 2. The minimum absolute atomic E-state index is 0.0408. The Morgan fingerprint density at radius 2 is 1.59 bits per heavy atom. The Bertz CT molecular complexity index is 980. The number of hydrogen-bond acceptors (Lipinski definition) is 6. The number of benzene rings is 1. The molecule has 1 aromatic carbocycles. The predicted molar refractivity (Wildman–Crippen MR) is 157 cm³/mol. The number of rotatable bonds is 16. The Balaban J connectivity index is 2.72. The molecule has 0 heterocycles. The number of carbonyl (C=O) groups is 1. The van der Waals surface area contributed by atoms with Crippen molar-refractivity contribution in [3.05, 3.63) is 72.4 Å². The molecule has 0 saturated heterocycles. The molecule has 0 unspecified atom stereocenters. The van der Waals surface area contributed by atoms with Crippen LogP contribution in [-0.4, -0.2) is 44.8 Å². The van der Waals surface area contributed by atoms with Crippen LogP contribution in [0.15, 0.2) is 66.8 Å². The topological polar surface area (TPSA) is 133 Å². The monoisotopic (exact) mass is 543 g/mol. The molecule has 1 rings (SSSR count). The highest BCUT2D eigenvalue weighted by Crippen LogP contribution is 2.29. The summed E-state index contributed by atoms with van der Waals surface area (Å²) in [7, 11) is 0. The number of aromatic hydroxyl groups is 2. The van der Waals surface area contributed by atoms with Gasteiger partial charge in [0.2, 0.25) is 0 Å². The summed E-state index contributed by atoms with van der Waals surface area (Å²) >= 11 is 0. The summed E-state index contributed by atoms with van der Waals surface area (Å²) in [6, 6.07) is 4.56. The Morgan fingerprint density at radius 1 is 0.974 bits per heavy atom. The van der Waals surface area contributed by atoms with E-state index in [1.165, 1.54) is 6.07 Å². The lowest BCUT2D eigenvalue weighted by Gasteiger charge is -2.33. The minimum Gasteiger partial charge on any atom is -0.508 e. The van der Waals surface area contributed by atoms with Crippen LogP contribution in [0.2, 0.25) is 0 Å². The van der Waals surface area contributed by atoms with Crippen molar-refractivity contribution in [3.63, 3.8) is 0 Å². The zero-order chi connectivity index (χ0) is 29.7. The fourth-order valence-electron chi connectivity index (χ4n) is 5.10. The van der Waals surface area contributed by atoms with Gasteiger partial charge in [0.05, 0.1) is 12.2 Å². The van der Waals surface area contributed by atoms with Gasteiger partial charge in [-0.05, 0) is 49.8 Å². The van der Waals surface area contributed by atoms with Gasteiger partial charge in [-0.2, -0.15) is 0 Å². The van der Waals surface area contributed by atoms with Crippen molar-refractivity contribution in [2.75, 3.05) is 0 Å². The number of allylic oxidation sites excluding steroid dienone is 4. The van der Waals surface area contributed by atoms with Crippen molar-refractivity contribution >= 4 is 6.09 Å². The molecule has 0 fully saturated rings. The Labute approximate surface area is 234 Å². The van der Waals surface area contributed by atoms with Gasteiger partial charge in [0.15, 0.2) is 0 Å². The summed E-state index contributed by atoms with van der Waals surface area (Å²) in [5.41, 5.74) is 7.20. The zero-order valence-corrected chi connectivity index (χ0v) is 24.3. The van der Waals surface area contributed by atoms with Gasteiger partial charge in [0.1, 0.15) is 17.6 Å².